The maximum atomic E-state index is 11.8. The van der Waals surface area contributed by atoms with Crippen molar-refractivity contribution in [2.45, 2.75) is 31.9 Å². The second kappa shape index (κ2) is 6.83. The molecule has 0 aliphatic carbocycles. The van der Waals surface area contributed by atoms with Crippen LogP contribution in [0, 0.1) is 0 Å². The molecule has 0 saturated carbocycles. The molecular formula is C9H15F3N4OS. The molecule has 0 aliphatic rings. The molecule has 1 aromatic rings. The highest BCUT2D eigenvalue weighted by Gasteiger charge is 2.27. The van der Waals surface area contributed by atoms with Gasteiger partial charge >= 0.3 is 11.5 Å². The molecule has 0 bridgehead atoms. The van der Waals surface area contributed by atoms with E-state index in [1.165, 1.54) is 0 Å². The van der Waals surface area contributed by atoms with Crippen molar-refractivity contribution in [2.24, 2.45) is 0 Å². The number of aromatic nitrogens is 2. The Bertz CT molecular complexity index is 356. The zero-order valence-corrected chi connectivity index (χ0v) is 10.9. The summed E-state index contributed by atoms with van der Waals surface area (Å²) in [6, 6.07) is 0.426. The SMILES string of the molecule is CC(C)NCc1nnc(NCCSC(F)(F)F)o1. The van der Waals surface area contributed by atoms with Gasteiger partial charge in [0.15, 0.2) is 0 Å². The van der Waals surface area contributed by atoms with Crippen molar-refractivity contribution in [2.75, 3.05) is 17.6 Å². The Labute approximate surface area is 107 Å². The summed E-state index contributed by atoms with van der Waals surface area (Å²) in [6.45, 7) is 4.50. The second-order valence-corrected chi connectivity index (χ2v) is 4.92. The lowest BCUT2D eigenvalue weighted by Gasteiger charge is -2.05. The molecule has 0 fully saturated rings. The Balaban J connectivity index is 2.23. The van der Waals surface area contributed by atoms with Gasteiger partial charge in [0.05, 0.1) is 6.54 Å². The lowest BCUT2D eigenvalue weighted by Crippen LogP contribution is -2.21. The first-order valence-electron chi connectivity index (χ1n) is 5.37. The standard InChI is InChI=1S/C9H15F3N4OS/c1-6(2)14-5-7-15-16-8(17-7)13-3-4-18-9(10,11)12/h6,14H,3-5H2,1-2H3,(H,13,16). The highest BCUT2D eigenvalue weighted by molar-refractivity contribution is 8.00. The molecule has 0 aliphatic heterocycles. The van der Waals surface area contributed by atoms with E-state index in [0.717, 1.165) is 0 Å². The highest BCUT2D eigenvalue weighted by Crippen LogP contribution is 2.29. The number of hydrogen-bond acceptors (Lipinski definition) is 6. The summed E-state index contributed by atoms with van der Waals surface area (Å²) in [7, 11) is 0. The summed E-state index contributed by atoms with van der Waals surface area (Å²) in [5.41, 5.74) is -4.21. The summed E-state index contributed by atoms with van der Waals surface area (Å²) in [6.07, 6.45) is 0. The first-order chi connectivity index (χ1) is 8.37. The molecule has 18 heavy (non-hydrogen) atoms. The Morgan fingerprint density at radius 2 is 2.06 bits per heavy atom. The number of halogens is 3. The molecule has 2 N–H and O–H groups in total. The predicted octanol–water partition coefficient (Wildman–Crippen LogP) is 2.23. The van der Waals surface area contributed by atoms with Crippen molar-refractivity contribution in [1.82, 2.24) is 15.5 Å². The first-order valence-corrected chi connectivity index (χ1v) is 6.35. The molecule has 0 aromatic carbocycles. The first kappa shape index (κ1) is 15.1. The molecule has 0 saturated heterocycles. The summed E-state index contributed by atoms with van der Waals surface area (Å²) < 4.78 is 40.7. The summed E-state index contributed by atoms with van der Waals surface area (Å²) in [5.74, 6) is 0.292. The van der Waals surface area contributed by atoms with Gasteiger partial charge < -0.3 is 15.1 Å². The fraction of sp³-hybridized carbons (Fsp3) is 0.778. The topological polar surface area (TPSA) is 63.0 Å². The number of thioether (sulfide) groups is 1. The average Bonchev–Trinajstić information content (AvgIpc) is 2.68. The van der Waals surface area contributed by atoms with Crippen LogP contribution in [0.4, 0.5) is 19.2 Å². The number of alkyl halides is 3. The van der Waals surface area contributed by atoms with E-state index in [-0.39, 0.29) is 36.1 Å². The van der Waals surface area contributed by atoms with Crippen molar-refractivity contribution in [1.29, 1.82) is 0 Å². The molecule has 9 heteroatoms. The molecule has 104 valence electrons. The van der Waals surface area contributed by atoms with Crippen molar-refractivity contribution >= 4 is 17.8 Å². The Morgan fingerprint density at radius 1 is 1.33 bits per heavy atom. The maximum absolute atomic E-state index is 11.8. The van der Waals surface area contributed by atoms with Crippen LogP contribution < -0.4 is 10.6 Å². The van der Waals surface area contributed by atoms with Crippen molar-refractivity contribution in [3.63, 3.8) is 0 Å². The average molecular weight is 284 g/mol. The molecule has 0 spiro atoms. The smallest absolute Gasteiger partial charge is 0.407 e. The van der Waals surface area contributed by atoms with Crippen molar-refractivity contribution in [3.05, 3.63) is 5.89 Å². The van der Waals surface area contributed by atoms with Gasteiger partial charge in [0, 0.05) is 18.3 Å². The van der Waals surface area contributed by atoms with Gasteiger partial charge in [-0.05, 0) is 11.8 Å². The third kappa shape index (κ3) is 6.70. The van der Waals surface area contributed by atoms with Gasteiger partial charge in [-0.1, -0.05) is 18.9 Å². The Kier molecular flexibility index (Phi) is 5.73. The van der Waals surface area contributed by atoms with Crippen LogP contribution in [0.1, 0.15) is 19.7 Å². The van der Waals surface area contributed by atoms with Crippen LogP contribution in [-0.4, -0.2) is 34.0 Å². The molecule has 0 amide bonds. The van der Waals surface area contributed by atoms with Crippen molar-refractivity contribution in [3.8, 4) is 0 Å². The van der Waals surface area contributed by atoms with Crippen LogP contribution in [0.2, 0.25) is 0 Å². The quantitative estimate of drug-likeness (QED) is 0.749. The summed E-state index contributed by atoms with van der Waals surface area (Å²) in [5, 5.41) is 13.1. The van der Waals surface area contributed by atoms with Gasteiger partial charge in [-0.3, -0.25) is 0 Å². The van der Waals surface area contributed by atoms with Gasteiger partial charge in [0.2, 0.25) is 5.89 Å². The Hall–Kier alpha value is -0.960. The number of hydrogen-bond donors (Lipinski definition) is 2. The minimum absolute atomic E-state index is 0.0909. The van der Waals surface area contributed by atoms with Gasteiger partial charge in [0.25, 0.3) is 0 Å². The lowest BCUT2D eigenvalue weighted by atomic mass is 10.4. The van der Waals surface area contributed by atoms with E-state index in [1.807, 2.05) is 13.8 Å². The molecule has 0 radical (unpaired) electrons. The minimum Gasteiger partial charge on any atom is -0.407 e. The molecule has 5 nitrogen and oxygen atoms in total. The van der Waals surface area contributed by atoms with E-state index in [9.17, 15) is 13.2 Å². The van der Waals surface area contributed by atoms with Crippen LogP contribution in [0.3, 0.4) is 0 Å². The minimum atomic E-state index is -4.21. The monoisotopic (exact) mass is 284 g/mol. The molecule has 0 unspecified atom stereocenters. The molecular weight excluding hydrogens is 269 g/mol. The van der Waals surface area contributed by atoms with Crippen LogP contribution in [0.5, 0.6) is 0 Å². The van der Waals surface area contributed by atoms with E-state index >= 15 is 0 Å². The van der Waals surface area contributed by atoms with Crippen molar-refractivity contribution < 1.29 is 17.6 Å². The summed E-state index contributed by atoms with van der Waals surface area (Å²) >= 11 is -0.0909. The van der Waals surface area contributed by atoms with E-state index in [4.69, 9.17) is 4.42 Å². The third-order valence-electron chi connectivity index (χ3n) is 1.77. The van der Waals surface area contributed by atoms with Gasteiger partial charge in [0.1, 0.15) is 0 Å². The lowest BCUT2D eigenvalue weighted by molar-refractivity contribution is -0.0327. The number of nitrogens with one attached hydrogen (secondary N) is 2. The van der Waals surface area contributed by atoms with Crippen LogP contribution in [-0.2, 0) is 6.54 Å². The fourth-order valence-electron chi connectivity index (χ4n) is 1.01. The molecule has 1 aromatic heterocycles. The fourth-order valence-corrected chi connectivity index (χ4v) is 1.45. The van der Waals surface area contributed by atoms with Crippen LogP contribution in [0.25, 0.3) is 0 Å². The Morgan fingerprint density at radius 3 is 2.67 bits per heavy atom. The van der Waals surface area contributed by atoms with Gasteiger partial charge in [-0.2, -0.15) is 13.2 Å². The molecule has 0 atom stereocenters. The van der Waals surface area contributed by atoms with E-state index < -0.39 is 5.51 Å². The maximum Gasteiger partial charge on any atom is 0.441 e. The molecule has 1 heterocycles. The summed E-state index contributed by atoms with van der Waals surface area (Å²) in [4.78, 5) is 0. The number of rotatable bonds is 7. The largest absolute Gasteiger partial charge is 0.441 e. The van der Waals surface area contributed by atoms with Crippen LogP contribution in [0.15, 0.2) is 4.42 Å². The highest BCUT2D eigenvalue weighted by atomic mass is 32.2. The van der Waals surface area contributed by atoms with Crippen LogP contribution >= 0.6 is 11.8 Å². The molecule has 1 rings (SSSR count). The zero-order chi connectivity index (χ0) is 13.6. The second-order valence-electron chi connectivity index (χ2n) is 3.76. The zero-order valence-electron chi connectivity index (χ0n) is 10.0. The number of nitrogens with zero attached hydrogens (tertiary/aromatic N) is 2. The van der Waals surface area contributed by atoms with Gasteiger partial charge in [-0.25, -0.2) is 0 Å². The van der Waals surface area contributed by atoms with E-state index in [0.29, 0.717) is 12.4 Å². The van der Waals surface area contributed by atoms with E-state index in [2.05, 4.69) is 20.8 Å². The predicted molar refractivity (Wildman–Crippen MR) is 63.3 cm³/mol. The third-order valence-corrected chi connectivity index (χ3v) is 2.51. The van der Waals surface area contributed by atoms with E-state index in [1.54, 1.807) is 0 Å². The van der Waals surface area contributed by atoms with Gasteiger partial charge in [-0.15, -0.1) is 5.10 Å². The normalized spacial score (nSPS) is 12.1. The number of anilines is 1.